The van der Waals surface area contributed by atoms with Crippen LogP contribution in [-0.4, -0.2) is 57.7 Å². The summed E-state index contributed by atoms with van der Waals surface area (Å²) >= 11 is 0. The molecule has 1 aliphatic rings. The Morgan fingerprint density at radius 2 is 1.25 bits per heavy atom. The number of hydrogen-bond acceptors (Lipinski definition) is 5. The number of aliphatic hydroxyl groups is 2. The number of aliphatic hydroxyl groups excluding tert-OH is 2. The zero-order valence-electron chi connectivity index (χ0n) is 8.80. The van der Waals surface area contributed by atoms with Crippen LogP contribution in [-0.2, 0) is 9.59 Å². The van der Waals surface area contributed by atoms with Crippen molar-refractivity contribution < 1.29 is 30.0 Å². The van der Waals surface area contributed by atoms with Crippen molar-refractivity contribution in [2.24, 2.45) is 0 Å². The van der Waals surface area contributed by atoms with Crippen LogP contribution in [0.25, 0.3) is 0 Å². The average Bonchev–Trinajstić information content (AvgIpc) is 2.30. The normalized spacial score (nSPS) is 18.9. The molecule has 1 rings (SSSR count). The molecule has 7 nitrogen and oxygen atoms in total. The van der Waals surface area contributed by atoms with Gasteiger partial charge in [0, 0.05) is 0 Å². The number of rotatable bonds is 3. The van der Waals surface area contributed by atoms with Crippen LogP contribution < -0.4 is 5.32 Å². The molecule has 5 N–H and O–H groups in total. The van der Waals surface area contributed by atoms with Crippen molar-refractivity contribution in [2.45, 2.75) is 31.5 Å². The van der Waals surface area contributed by atoms with Crippen molar-refractivity contribution in [1.29, 1.82) is 0 Å². The Bertz CT molecular complexity index is 199. The summed E-state index contributed by atoms with van der Waals surface area (Å²) in [6.07, 6.45) is -0.317. The Morgan fingerprint density at radius 1 is 0.875 bits per heavy atom. The van der Waals surface area contributed by atoms with E-state index in [4.69, 9.17) is 20.4 Å². The van der Waals surface area contributed by atoms with Gasteiger partial charge in [-0.25, -0.2) is 9.59 Å². The van der Waals surface area contributed by atoms with Gasteiger partial charge >= 0.3 is 11.9 Å². The van der Waals surface area contributed by atoms with Crippen molar-refractivity contribution in [3.05, 3.63) is 0 Å². The molecule has 0 bridgehead atoms. The van der Waals surface area contributed by atoms with Crippen LogP contribution >= 0.6 is 0 Å². The molecule has 1 heterocycles. The van der Waals surface area contributed by atoms with E-state index < -0.39 is 24.1 Å². The maximum atomic E-state index is 9.77. The number of hydrogen-bond donors (Lipinski definition) is 5. The number of carboxylic acids is 2. The van der Waals surface area contributed by atoms with Gasteiger partial charge in [0.2, 0.25) is 0 Å². The number of nitrogens with one attached hydrogen (secondary N) is 1. The highest BCUT2D eigenvalue weighted by molar-refractivity contribution is 5.83. The van der Waals surface area contributed by atoms with Crippen LogP contribution in [0.1, 0.15) is 19.3 Å². The first-order valence-electron chi connectivity index (χ1n) is 4.99. The van der Waals surface area contributed by atoms with Crippen LogP contribution in [0.3, 0.4) is 0 Å². The maximum absolute atomic E-state index is 9.77. The quantitative estimate of drug-likeness (QED) is 0.408. The minimum absolute atomic E-state index is 1.25. The summed E-state index contributed by atoms with van der Waals surface area (Å²) in [4.78, 5) is 19.5. The number of aliphatic carboxylic acids is 2. The highest BCUT2D eigenvalue weighted by atomic mass is 16.4. The molecule has 0 amide bonds. The molecule has 0 spiro atoms. The standard InChI is InChI=1S/C5H11N.C4H6O6/c1-2-4-6-5-3-1;5-1(3(7)8)2(6)4(9)10/h6H,1-5H2;1-2,5-6H,(H,7,8)(H,9,10)/t;1-,2-/m.1/s1. The molecule has 16 heavy (non-hydrogen) atoms. The van der Waals surface area contributed by atoms with E-state index in [-0.39, 0.29) is 0 Å². The molecule has 0 aromatic rings. The van der Waals surface area contributed by atoms with E-state index in [2.05, 4.69) is 5.32 Å². The van der Waals surface area contributed by atoms with E-state index in [0.29, 0.717) is 0 Å². The first kappa shape index (κ1) is 14.8. The lowest BCUT2D eigenvalue weighted by molar-refractivity contribution is -0.165. The van der Waals surface area contributed by atoms with E-state index >= 15 is 0 Å². The van der Waals surface area contributed by atoms with Gasteiger partial charge in [0.1, 0.15) is 0 Å². The Morgan fingerprint density at radius 3 is 1.38 bits per heavy atom. The second-order valence-electron chi connectivity index (χ2n) is 3.38. The number of carboxylic acid groups (broad SMARTS) is 2. The number of carbonyl (C=O) groups is 2. The molecule has 0 aliphatic carbocycles. The Kier molecular flexibility index (Phi) is 7.44. The van der Waals surface area contributed by atoms with Crippen molar-refractivity contribution in [2.75, 3.05) is 13.1 Å². The lowest BCUT2D eigenvalue weighted by Crippen LogP contribution is -2.39. The zero-order chi connectivity index (χ0) is 12.6. The average molecular weight is 235 g/mol. The molecule has 0 saturated carbocycles. The van der Waals surface area contributed by atoms with Gasteiger partial charge in [0.15, 0.2) is 12.2 Å². The van der Waals surface area contributed by atoms with Crippen LogP contribution in [0, 0.1) is 0 Å². The van der Waals surface area contributed by atoms with Gasteiger partial charge < -0.3 is 25.7 Å². The SMILES string of the molecule is C1CCNCC1.O=C(O)[C@H](O)[C@@H](O)C(=O)O. The lowest BCUT2D eigenvalue weighted by Gasteiger charge is -2.08. The first-order chi connectivity index (χ1) is 7.46. The first-order valence-corrected chi connectivity index (χ1v) is 4.99. The van der Waals surface area contributed by atoms with Crippen LogP contribution in [0.4, 0.5) is 0 Å². The molecule has 94 valence electrons. The third-order valence-electron chi connectivity index (χ3n) is 2.01. The minimum atomic E-state index is -2.27. The topological polar surface area (TPSA) is 127 Å². The summed E-state index contributed by atoms with van der Waals surface area (Å²) in [5.41, 5.74) is 0. The predicted molar refractivity (Wildman–Crippen MR) is 54.0 cm³/mol. The van der Waals surface area contributed by atoms with Crippen molar-refractivity contribution in [1.82, 2.24) is 5.32 Å². The molecular weight excluding hydrogens is 218 g/mol. The summed E-state index contributed by atoms with van der Waals surface area (Å²) in [7, 11) is 0. The van der Waals surface area contributed by atoms with Gasteiger partial charge in [-0.1, -0.05) is 6.42 Å². The summed E-state index contributed by atoms with van der Waals surface area (Å²) in [5, 5.41) is 35.8. The van der Waals surface area contributed by atoms with E-state index in [9.17, 15) is 9.59 Å². The van der Waals surface area contributed by atoms with Gasteiger partial charge in [-0.05, 0) is 25.9 Å². The fourth-order valence-electron chi connectivity index (χ4n) is 1.07. The zero-order valence-corrected chi connectivity index (χ0v) is 8.80. The van der Waals surface area contributed by atoms with Crippen molar-refractivity contribution in [3.8, 4) is 0 Å². The van der Waals surface area contributed by atoms with Gasteiger partial charge in [-0.2, -0.15) is 0 Å². The monoisotopic (exact) mass is 235 g/mol. The summed E-state index contributed by atoms with van der Waals surface area (Å²) < 4.78 is 0. The highest BCUT2D eigenvalue weighted by Gasteiger charge is 2.29. The molecule has 1 fully saturated rings. The van der Waals surface area contributed by atoms with Crippen LogP contribution in [0.2, 0.25) is 0 Å². The smallest absolute Gasteiger partial charge is 0.335 e. The lowest BCUT2D eigenvalue weighted by atomic mass is 10.2. The molecule has 1 aliphatic heterocycles. The van der Waals surface area contributed by atoms with Gasteiger partial charge in [-0.3, -0.25) is 0 Å². The van der Waals surface area contributed by atoms with Gasteiger partial charge in [0.25, 0.3) is 0 Å². The second-order valence-corrected chi connectivity index (χ2v) is 3.38. The van der Waals surface area contributed by atoms with E-state index in [1.807, 2.05) is 0 Å². The van der Waals surface area contributed by atoms with E-state index in [1.54, 1.807) is 0 Å². The molecule has 2 atom stereocenters. The van der Waals surface area contributed by atoms with Gasteiger partial charge in [-0.15, -0.1) is 0 Å². The van der Waals surface area contributed by atoms with Crippen LogP contribution in [0.5, 0.6) is 0 Å². The molecule has 7 heteroatoms. The van der Waals surface area contributed by atoms with Crippen LogP contribution in [0.15, 0.2) is 0 Å². The Labute approximate surface area is 92.7 Å². The summed E-state index contributed by atoms with van der Waals surface area (Å²) in [5.74, 6) is -3.54. The largest absolute Gasteiger partial charge is 0.479 e. The fourth-order valence-corrected chi connectivity index (χ4v) is 1.07. The third kappa shape index (κ3) is 6.33. The molecule has 1 saturated heterocycles. The summed E-state index contributed by atoms with van der Waals surface area (Å²) in [6, 6.07) is 0. The van der Waals surface area contributed by atoms with Crippen molar-refractivity contribution in [3.63, 3.8) is 0 Å². The maximum Gasteiger partial charge on any atom is 0.335 e. The predicted octanol–water partition coefficient (Wildman–Crippen LogP) is -1.36. The molecular formula is C9H17NO6. The third-order valence-corrected chi connectivity index (χ3v) is 2.01. The minimum Gasteiger partial charge on any atom is -0.479 e. The Balaban J connectivity index is 0.000000315. The molecule has 0 aromatic heterocycles. The molecule has 0 aromatic carbocycles. The van der Waals surface area contributed by atoms with Crippen molar-refractivity contribution >= 4 is 11.9 Å². The van der Waals surface area contributed by atoms with E-state index in [0.717, 1.165) is 0 Å². The summed E-state index contributed by atoms with van der Waals surface area (Å²) in [6.45, 7) is 2.50. The molecule has 0 unspecified atom stereocenters. The van der Waals surface area contributed by atoms with E-state index in [1.165, 1.54) is 32.4 Å². The molecule has 0 radical (unpaired) electrons. The highest BCUT2D eigenvalue weighted by Crippen LogP contribution is 1.96. The fraction of sp³-hybridized carbons (Fsp3) is 0.778. The second kappa shape index (κ2) is 8.03. The Hall–Kier alpha value is -1.18. The number of piperidine rings is 1. The van der Waals surface area contributed by atoms with Gasteiger partial charge in [0.05, 0.1) is 0 Å².